The lowest BCUT2D eigenvalue weighted by Crippen LogP contribution is -2.47. The highest BCUT2D eigenvalue weighted by atomic mass is 16.3. The van der Waals surface area contributed by atoms with E-state index < -0.39 is 12.2 Å². The third-order valence-electron chi connectivity index (χ3n) is 9.36. The average molecular weight is 596 g/mol. The Morgan fingerprint density at radius 2 is 0.833 bits per heavy atom. The van der Waals surface area contributed by atoms with Crippen molar-refractivity contribution < 1.29 is 15.0 Å². The molecule has 0 bridgehead atoms. The summed E-state index contributed by atoms with van der Waals surface area (Å²) in [6.45, 7) is 8.97. The summed E-state index contributed by atoms with van der Waals surface area (Å²) in [6, 6.07) is -0.261. The number of carbonyl (C=O) groups is 1. The van der Waals surface area contributed by atoms with Crippen LogP contribution in [0.3, 0.4) is 0 Å². The first-order valence-corrected chi connectivity index (χ1v) is 19.1. The second-order valence-electron chi connectivity index (χ2n) is 13.6. The highest BCUT2D eigenvalue weighted by Crippen LogP contribution is 2.19. The maximum atomic E-state index is 12.5. The molecule has 42 heavy (non-hydrogen) atoms. The van der Waals surface area contributed by atoms with E-state index in [9.17, 15) is 15.0 Å². The van der Waals surface area contributed by atoms with Crippen LogP contribution >= 0.6 is 0 Å². The molecule has 0 aliphatic carbocycles. The summed E-state index contributed by atoms with van der Waals surface area (Å²) in [5.41, 5.74) is 0. The zero-order valence-electron chi connectivity index (χ0n) is 29.1. The average Bonchev–Trinajstić information content (AvgIpc) is 2.98. The normalized spacial score (nSPS) is 14.5. The SMILES string of the molecule is CCCCCCCCCCCCCCC(O)C(=O)NC(CC)C(O)CCCCCCCCCC(C)CCCCCCC. The summed E-state index contributed by atoms with van der Waals surface area (Å²) < 4.78 is 0. The van der Waals surface area contributed by atoms with Crippen molar-refractivity contribution in [1.82, 2.24) is 5.32 Å². The minimum Gasteiger partial charge on any atom is -0.391 e. The fraction of sp³-hybridized carbons (Fsp3) is 0.974. The van der Waals surface area contributed by atoms with Gasteiger partial charge in [-0.2, -0.15) is 0 Å². The molecule has 0 saturated heterocycles. The highest BCUT2D eigenvalue weighted by molar-refractivity contribution is 5.80. The Morgan fingerprint density at radius 1 is 0.500 bits per heavy atom. The maximum absolute atomic E-state index is 12.5. The number of amides is 1. The Balaban J connectivity index is 3.72. The fourth-order valence-electron chi connectivity index (χ4n) is 6.23. The molecule has 0 aliphatic heterocycles. The summed E-state index contributed by atoms with van der Waals surface area (Å²) in [6.07, 6.45) is 34.3. The lowest BCUT2D eigenvalue weighted by Gasteiger charge is -2.24. The van der Waals surface area contributed by atoms with Gasteiger partial charge < -0.3 is 15.5 Å². The number of hydrogen-bond acceptors (Lipinski definition) is 3. The van der Waals surface area contributed by atoms with Crippen molar-refractivity contribution >= 4 is 5.91 Å². The Bertz CT molecular complexity index is 554. The van der Waals surface area contributed by atoms with Gasteiger partial charge >= 0.3 is 0 Å². The topological polar surface area (TPSA) is 69.6 Å². The molecule has 1 amide bonds. The molecule has 0 aliphatic rings. The molecule has 4 unspecified atom stereocenters. The number of nitrogens with one attached hydrogen (secondary N) is 1. The van der Waals surface area contributed by atoms with E-state index in [4.69, 9.17) is 0 Å². The van der Waals surface area contributed by atoms with Crippen LogP contribution in [0.5, 0.6) is 0 Å². The molecule has 3 N–H and O–H groups in total. The Morgan fingerprint density at radius 3 is 1.21 bits per heavy atom. The highest BCUT2D eigenvalue weighted by Gasteiger charge is 2.23. The van der Waals surface area contributed by atoms with Crippen molar-refractivity contribution in [3.63, 3.8) is 0 Å². The summed E-state index contributed by atoms with van der Waals surface area (Å²) in [4.78, 5) is 12.5. The van der Waals surface area contributed by atoms with E-state index in [1.54, 1.807) is 0 Å². The van der Waals surface area contributed by atoms with E-state index in [1.807, 2.05) is 6.92 Å². The van der Waals surface area contributed by atoms with E-state index >= 15 is 0 Å². The second kappa shape index (κ2) is 31.8. The van der Waals surface area contributed by atoms with Crippen molar-refractivity contribution in [3.05, 3.63) is 0 Å². The van der Waals surface area contributed by atoms with Crippen LogP contribution in [-0.4, -0.2) is 34.4 Å². The number of aliphatic hydroxyl groups is 2. The molecule has 0 aromatic rings. The van der Waals surface area contributed by atoms with E-state index in [0.29, 0.717) is 12.8 Å². The van der Waals surface area contributed by atoms with Crippen molar-refractivity contribution in [2.45, 2.75) is 232 Å². The van der Waals surface area contributed by atoms with Crippen molar-refractivity contribution in [1.29, 1.82) is 0 Å². The van der Waals surface area contributed by atoms with Crippen LogP contribution in [0.15, 0.2) is 0 Å². The summed E-state index contributed by atoms with van der Waals surface area (Å²) in [5.74, 6) is 0.574. The zero-order chi connectivity index (χ0) is 31.1. The molecule has 0 rings (SSSR count). The van der Waals surface area contributed by atoms with Gasteiger partial charge in [0, 0.05) is 0 Å². The van der Waals surface area contributed by atoms with Gasteiger partial charge in [-0.3, -0.25) is 4.79 Å². The lowest BCUT2D eigenvalue weighted by molar-refractivity contribution is -0.131. The van der Waals surface area contributed by atoms with Crippen molar-refractivity contribution in [2.24, 2.45) is 5.92 Å². The zero-order valence-corrected chi connectivity index (χ0v) is 29.1. The van der Waals surface area contributed by atoms with Crippen LogP contribution in [-0.2, 0) is 4.79 Å². The Labute approximate surface area is 264 Å². The monoisotopic (exact) mass is 596 g/mol. The van der Waals surface area contributed by atoms with Crippen LogP contribution in [0.25, 0.3) is 0 Å². The van der Waals surface area contributed by atoms with E-state index in [0.717, 1.165) is 38.0 Å². The van der Waals surface area contributed by atoms with Gasteiger partial charge in [0.1, 0.15) is 6.10 Å². The number of carbonyl (C=O) groups excluding carboxylic acids is 1. The Hall–Kier alpha value is -0.610. The van der Waals surface area contributed by atoms with Gasteiger partial charge in [-0.05, 0) is 25.2 Å². The van der Waals surface area contributed by atoms with Crippen molar-refractivity contribution in [2.75, 3.05) is 0 Å². The van der Waals surface area contributed by atoms with Gasteiger partial charge in [-0.25, -0.2) is 0 Å². The van der Waals surface area contributed by atoms with E-state index in [1.165, 1.54) is 141 Å². The molecule has 0 aromatic carbocycles. The molecule has 0 spiro atoms. The first-order chi connectivity index (χ1) is 20.5. The molecule has 4 nitrogen and oxygen atoms in total. The molecule has 4 atom stereocenters. The van der Waals surface area contributed by atoms with Crippen LogP contribution in [0, 0.1) is 5.92 Å². The first-order valence-electron chi connectivity index (χ1n) is 19.1. The summed E-state index contributed by atoms with van der Waals surface area (Å²) in [7, 11) is 0. The fourth-order valence-corrected chi connectivity index (χ4v) is 6.23. The summed E-state index contributed by atoms with van der Waals surface area (Å²) >= 11 is 0. The third-order valence-corrected chi connectivity index (χ3v) is 9.36. The lowest BCUT2D eigenvalue weighted by atomic mass is 9.96. The van der Waals surface area contributed by atoms with Crippen LogP contribution in [0.1, 0.15) is 214 Å². The molecular weight excluding hydrogens is 518 g/mol. The number of rotatable bonds is 33. The van der Waals surface area contributed by atoms with Crippen LogP contribution < -0.4 is 5.32 Å². The van der Waals surface area contributed by atoms with Gasteiger partial charge in [-0.15, -0.1) is 0 Å². The van der Waals surface area contributed by atoms with Crippen LogP contribution in [0.4, 0.5) is 0 Å². The second-order valence-corrected chi connectivity index (χ2v) is 13.6. The van der Waals surface area contributed by atoms with Gasteiger partial charge in [0.2, 0.25) is 5.91 Å². The van der Waals surface area contributed by atoms with Crippen molar-refractivity contribution in [3.8, 4) is 0 Å². The van der Waals surface area contributed by atoms with Gasteiger partial charge in [0.15, 0.2) is 0 Å². The smallest absolute Gasteiger partial charge is 0.249 e. The first kappa shape index (κ1) is 41.4. The summed E-state index contributed by atoms with van der Waals surface area (Å²) in [5, 5.41) is 23.9. The van der Waals surface area contributed by atoms with Gasteiger partial charge in [0.25, 0.3) is 0 Å². The number of hydrogen-bond donors (Lipinski definition) is 3. The molecule has 4 heteroatoms. The third kappa shape index (κ3) is 27.0. The molecule has 252 valence electrons. The minimum atomic E-state index is -0.955. The molecule has 0 aromatic heterocycles. The molecule has 0 fully saturated rings. The maximum Gasteiger partial charge on any atom is 0.249 e. The predicted octanol–water partition coefficient (Wildman–Crippen LogP) is 11.2. The molecule has 0 saturated carbocycles. The van der Waals surface area contributed by atoms with E-state index in [2.05, 4.69) is 26.1 Å². The molecule has 0 heterocycles. The predicted molar refractivity (Wildman–Crippen MR) is 184 cm³/mol. The van der Waals surface area contributed by atoms with E-state index in [-0.39, 0.29) is 11.9 Å². The largest absolute Gasteiger partial charge is 0.391 e. The quantitative estimate of drug-likeness (QED) is 0.0661. The molecule has 0 radical (unpaired) electrons. The molecular formula is C38H77NO3. The van der Waals surface area contributed by atoms with Gasteiger partial charge in [0.05, 0.1) is 12.1 Å². The number of unbranched alkanes of at least 4 members (excludes halogenated alkanes) is 21. The number of aliphatic hydroxyl groups excluding tert-OH is 2. The van der Waals surface area contributed by atoms with Crippen LogP contribution in [0.2, 0.25) is 0 Å². The minimum absolute atomic E-state index is 0.261. The Kier molecular flexibility index (Phi) is 31.3. The standard InChI is InChI=1S/C38H77NO3/c1-5-8-10-12-13-14-15-16-17-20-25-29-33-37(41)38(42)39-35(7-3)36(40)32-28-24-21-18-19-23-27-31-34(4)30-26-22-11-9-6-2/h34-37,40-41H,5-33H2,1-4H3,(H,39,42). The van der Waals surface area contributed by atoms with Gasteiger partial charge in [-0.1, -0.05) is 195 Å².